The Balaban J connectivity index is 1.91. The summed E-state index contributed by atoms with van der Waals surface area (Å²) in [7, 11) is 0. The van der Waals surface area contributed by atoms with E-state index in [4.69, 9.17) is 5.73 Å². The van der Waals surface area contributed by atoms with Gasteiger partial charge in [-0.05, 0) is 31.4 Å². The molecule has 0 amide bonds. The van der Waals surface area contributed by atoms with Crippen molar-refractivity contribution in [1.82, 2.24) is 9.97 Å². The molecule has 1 aromatic heterocycles. The second kappa shape index (κ2) is 6.24. The molecule has 2 atom stereocenters. The largest absolute Gasteiger partial charge is 0.393 e. The molecule has 1 heterocycles. The fourth-order valence-corrected chi connectivity index (χ4v) is 2.71. The Hall–Kier alpha value is -1.01. The highest BCUT2D eigenvalue weighted by atomic mass is 32.2. The Morgan fingerprint density at radius 2 is 2.33 bits per heavy atom. The zero-order valence-corrected chi connectivity index (χ0v) is 11.4. The van der Waals surface area contributed by atoms with Crippen molar-refractivity contribution in [2.75, 3.05) is 23.9 Å². The summed E-state index contributed by atoms with van der Waals surface area (Å²) in [5.41, 5.74) is 5.72. The van der Waals surface area contributed by atoms with Crippen LogP contribution in [0.2, 0.25) is 0 Å². The topological polar surface area (TPSA) is 84.1 Å². The smallest absolute Gasteiger partial charge is 0.191 e. The summed E-state index contributed by atoms with van der Waals surface area (Å²) in [6, 6.07) is 1.75. The fraction of sp³-hybridized carbons (Fsp3) is 0.667. The molecule has 100 valence electrons. The molecule has 5 nitrogen and oxygen atoms in total. The SMILES string of the molecule is CSc1nc(N)cc(NCC2CCCC(O)C2)n1. The molecule has 0 aromatic carbocycles. The van der Waals surface area contributed by atoms with E-state index < -0.39 is 0 Å². The number of nitrogens with zero attached hydrogens (tertiary/aromatic N) is 2. The minimum absolute atomic E-state index is 0.136. The van der Waals surface area contributed by atoms with Gasteiger partial charge in [0.05, 0.1) is 6.10 Å². The molecule has 18 heavy (non-hydrogen) atoms. The van der Waals surface area contributed by atoms with E-state index in [9.17, 15) is 5.11 Å². The van der Waals surface area contributed by atoms with Gasteiger partial charge in [-0.1, -0.05) is 18.2 Å². The molecule has 0 radical (unpaired) electrons. The predicted octanol–water partition coefficient (Wildman–Crippen LogP) is 1.74. The first-order chi connectivity index (χ1) is 8.67. The summed E-state index contributed by atoms with van der Waals surface area (Å²) in [5, 5.41) is 13.6. The third-order valence-electron chi connectivity index (χ3n) is 3.23. The first-order valence-corrected chi connectivity index (χ1v) is 7.50. The Bertz CT molecular complexity index is 402. The van der Waals surface area contributed by atoms with Crippen LogP contribution in [0.1, 0.15) is 25.7 Å². The first kappa shape index (κ1) is 13.4. The lowest BCUT2D eigenvalue weighted by atomic mass is 9.87. The maximum absolute atomic E-state index is 9.63. The molecule has 2 unspecified atom stereocenters. The molecule has 1 aromatic rings. The number of hydrogen-bond acceptors (Lipinski definition) is 6. The molecule has 0 spiro atoms. The second-order valence-corrected chi connectivity index (χ2v) is 5.51. The third-order valence-corrected chi connectivity index (χ3v) is 3.78. The van der Waals surface area contributed by atoms with E-state index in [-0.39, 0.29) is 6.10 Å². The summed E-state index contributed by atoms with van der Waals surface area (Å²) >= 11 is 1.48. The average Bonchev–Trinajstić information content (AvgIpc) is 2.36. The highest BCUT2D eigenvalue weighted by molar-refractivity contribution is 7.98. The van der Waals surface area contributed by atoms with Crippen LogP contribution < -0.4 is 11.1 Å². The van der Waals surface area contributed by atoms with Gasteiger partial charge in [0.15, 0.2) is 5.16 Å². The van der Waals surface area contributed by atoms with Crippen LogP contribution in [-0.4, -0.2) is 34.0 Å². The van der Waals surface area contributed by atoms with E-state index in [0.717, 1.165) is 31.6 Å². The third kappa shape index (κ3) is 3.74. The molecule has 0 saturated heterocycles. The van der Waals surface area contributed by atoms with Crippen molar-refractivity contribution >= 4 is 23.4 Å². The normalized spacial score (nSPS) is 23.9. The number of aliphatic hydroxyl groups is 1. The number of hydrogen-bond donors (Lipinski definition) is 3. The van der Waals surface area contributed by atoms with Crippen molar-refractivity contribution < 1.29 is 5.11 Å². The quantitative estimate of drug-likeness (QED) is 0.570. The average molecular weight is 268 g/mol. The molecule has 0 bridgehead atoms. The molecule has 1 aliphatic carbocycles. The van der Waals surface area contributed by atoms with Crippen molar-refractivity contribution in [2.45, 2.75) is 36.9 Å². The zero-order valence-electron chi connectivity index (χ0n) is 10.6. The molecule has 1 aliphatic rings. The fourth-order valence-electron chi connectivity index (χ4n) is 2.32. The van der Waals surface area contributed by atoms with Crippen LogP contribution >= 0.6 is 11.8 Å². The number of nitrogens with one attached hydrogen (secondary N) is 1. The van der Waals surface area contributed by atoms with Crippen LogP contribution in [0.25, 0.3) is 0 Å². The van der Waals surface area contributed by atoms with Crippen LogP contribution in [0.15, 0.2) is 11.2 Å². The monoisotopic (exact) mass is 268 g/mol. The second-order valence-electron chi connectivity index (χ2n) is 4.73. The van der Waals surface area contributed by atoms with Gasteiger partial charge in [-0.2, -0.15) is 0 Å². The molecule has 6 heteroatoms. The van der Waals surface area contributed by atoms with E-state index >= 15 is 0 Å². The number of nitrogens with two attached hydrogens (primary N) is 1. The summed E-state index contributed by atoms with van der Waals surface area (Å²) in [4.78, 5) is 8.46. The van der Waals surface area contributed by atoms with E-state index in [2.05, 4.69) is 15.3 Å². The molecule has 1 fully saturated rings. The summed E-state index contributed by atoms with van der Waals surface area (Å²) < 4.78 is 0. The predicted molar refractivity (Wildman–Crippen MR) is 74.7 cm³/mol. The molecular weight excluding hydrogens is 248 g/mol. The van der Waals surface area contributed by atoms with E-state index in [0.29, 0.717) is 16.9 Å². The Morgan fingerprint density at radius 1 is 1.50 bits per heavy atom. The number of anilines is 2. The minimum atomic E-state index is -0.136. The van der Waals surface area contributed by atoms with Crippen LogP contribution in [0.3, 0.4) is 0 Å². The van der Waals surface area contributed by atoms with Crippen LogP contribution in [0.5, 0.6) is 0 Å². The lowest BCUT2D eigenvalue weighted by Gasteiger charge is -2.26. The van der Waals surface area contributed by atoms with E-state index in [1.54, 1.807) is 6.07 Å². The maximum atomic E-state index is 9.63. The van der Waals surface area contributed by atoms with Gasteiger partial charge in [0.2, 0.25) is 0 Å². The Labute approximate surface area is 112 Å². The van der Waals surface area contributed by atoms with Gasteiger partial charge in [-0.3, -0.25) is 0 Å². The van der Waals surface area contributed by atoms with Gasteiger partial charge < -0.3 is 16.2 Å². The molecule has 4 N–H and O–H groups in total. The molecule has 0 aliphatic heterocycles. The molecule has 1 saturated carbocycles. The zero-order chi connectivity index (χ0) is 13.0. The van der Waals surface area contributed by atoms with Crippen molar-refractivity contribution in [1.29, 1.82) is 0 Å². The molecule has 2 rings (SSSR count). The van der Waals surface area contributed by atoms with Crippen molar-refractivity contribution in [3.63, 3.8) is 0 Å². The number of aromatic nitrogens is 2. The molecular formula is C12H20N4OS. The summed E-state index contributed by atoms with van der Waals surface area (Å²) in [6.45, 7) is 0.835. The van der Waals surface area contributed by atoms with Crippen LogP contribution in [0.4, 0.5) is 11.6 Å². The van der Waals surface area contributed by atoms with Gasteiger partial charge in [-0.15, -0.1) is 0 Å². The standard InChI is InChI=1S/C12H20N4OS/c1-18-12-15-10(13)6-11(16-12)14-7-8-3-2-4-9(17)5-8/h6,8-9,17H,2-5,7H2,1H3,(H3,13,14,15,16). The first-order valence-electron chi connectivity index (χ1n) is 6.28. The maximum Gasteiger partial charge on any atom is 0.191 e. The lowest BCUT2D eigenvalue weighted by Crippen LogP contribution is -2.25. The van der Waals surface area contributed by atoms with Crippen LogP contribution in [-0.2, 0) is 0 Å². The minimum Gasteiger partial charge on any atom is -0.393 e. The van der Waals surface area contributed by atoms with Gasteiger partial charge in [-0.25, -0.2) is 9.97 Å². The van der Waals surface area contributed by atoms with E-state index in [1.807, 2.05) is 6.26 Å². The highest BCUT2D eigenvalue weighted by Gasteiger charge is 2.19. The van der Waals surface area contributed by atoms with Gasteiger partial charge in [0.25, 0.3) is 0 Å². The summed E-state index contributed by atoms with van der Waals surface area (Å²) in [6.07, 6.45) is 5.88. The van der Waals surface area contributed by atoms with Gasteiger partial charge >= 0.3 is 0 Å². The number of nitrogen functional groups attached to an aromatic ring is 1. The van der Waals surface area contributed by atoms with Crippen LogP contribution in [0, 0.1) is 5.92 Å². The van der Waals surface area contributed by atoms with Crippen molar-refractivity contribution in [2.24, 2.45) is 5.92 Å². The van der Waals surface area contributed by atoms with Crippen molar-refractivity contribution in [3.05, 3.63) is 6.07 Å². The van der Waals surface area contributed by atoms with Gasteiger partial charge in [0.1, 0.15) is 11.6 Å². The van der Waals surface area contributed by atoms with Gasteiger partial charge in [0, 0.05) is 12.6 Å². The highest BCUT2D eigenvalue weighted by Crippen LogP contribution is 2.24. The number of rotatable bonds is 4. The Morgan fingerprint density at radius 3 is 3.06 bits per heavy atom. The number of aliphatic hydroxyl groups excluding tert-OH is 1. The summed E-state index contributed by atoms with van der Waals surface area (Å²) in [5.74, 6) is 1.77. The lowest BCUT2D eigenvalue weighted by molar-refractivity contribution is 0.104. The van der Waals surface area contributed by atoms with Crippen molar-refractivity contribution in [3.8, 4) is 0 Å². The number of thioether (sulfide) groups is 1. The Kier molecular flexibility index (Phi) is 4.66. The van der Waals surface area contributed by atoms with E-state index in [1.165, 1.54) is 18.2 Å².